The van der Waals surface area contributed by atoms with Crippen molar-refractivity contribution in [1.82, 2.24) is 24.8 Å². The van der Waals surface area contributed by atoms with Crippen LogP contribution in [0.4, 0.5) is 11.8 Å². The van der Waals surface area contributed by atoms with Crippen LogP contribution in [0, 0.1) is 0 Å². The summed E-state index contributed by atoms with van der Waals surface area (Å²) in [4.78, 5) is 30.0. The number of carbonyl (C=O) groups excluding carboxylic acids is 1. The Balaban J connectivity index is 1.45. The lowest BCUT2D eigenvalue weighted by molar-refractivity contribution is 0.0357. The lowest BCUT2D eigenvalue weighted by atomic mass is 10.2. The van der Waals surface area contributed by atoms with Gasteiger partial charge in [0, 0.05) is 31.1 Å². The predicted molar refractivity (Wildman–Crippen MR) is 121 cm³/mol. The molecule has 11 heteroatoms. The van der Waals surface area contributed by atoms with E-state index in [1.165, 1.54) is 12.5 Å². The minimum absolute atomic E-state index is 0.253. The topological polar surface area (TPSA) is 124 Å². The molecule has 0 atom stereocenters. The van der Waals surface area contributed by atoms with Gasteiger partial charge in [0.2, 0.25) is 5.95 Å². The number of aromatic amines is 1. The highest BCUT2D eigenvalue weighted by Gasteiger charge is 2.15. The number of morpholine rings is 1. The largest absolute Gasteiger partial charge is 0.493 e. The minimum atomic E-state index is -0.470. The molecule has 0 aliphatic carbocycles. The molecule has 1 saturated heterocycles. The molecule has 0 radical (unpaired) electrons. The third-order valence-corrected chi connectivity index (χ3v) is 5.21. The Bertz CT molecular complexity index is 1080. The van der Waals surface area contributed by atoms with Crippen LogP contribution in [0.1, 0.15) is 23.8 Å². The van der Waals surface area contributed by atoms with Crippen LogP contribution in [0.2, 0.25) is 0 Å². The molecule has 11 nitrogen and oxygen atoms in total. The van der Waals surface area contributed by atoms with Gasteiger partial charge in [0.05, 0.1) is 45.3 Å². The normalized spacial score (nSPS) is 14.2. The number of carbonyl (C=O) groups is 1. The second-order valence-electron chi connectivity index (χ2n) is 7.39. The van der Waals surface area contributed by atoms with Crippen LogP contribution >= 0.6 is 0 Å². The molecular formula is C22H28N6O5. The third-order valence-electron chi connectivity index (χ3n) is 5.21. The smallest absolute Gasteiger partial charge is 0.356 e. The van der Waals surface area contributed by atoms with Crippen molar-refractivity contribution in [3.05, 3.63) is 30.4 Å². The van der Waals surface area contributed by atoms with E-state index in [-0.39, 0.29) is 12.3 Å². The van der Waals surface area contributed by atoms with Crippen molar-refractivity contribution >= 4 is 28.6 Å². The number of benzene rings is 1. The molecule has 0 bridgehead atoms. The van der Waals surface area contributed by atoms with E-state index in [1.807, 2.05) is 12.1 Å². The molecule has 3 aromatic rings. The molecule has 0 amide bonds. The molecule has 2 N–H and O–H groups in total. The molecule has 1 aliphatic heterocycles. The Morgan fingerprint density at radius 3 is 2.85 bits per heavy atom. The number of hydrogen-bond acceptors (Lipinski definition) is 10. The second kappa shape index (κ2) is 10.9. The van der Waals surface area contributed by atoms with E-state index in [2.05, 4.69) is 30.2 Å². The Morgan fingerprint density at radius 2 is 2.06 bits per heavy atom. The first-order chi connectivity index (χ1) is 16.2. The summed E-state index contributed by atoms with van der Waals surface area (Å²) >= 11 is 0. The summed E-state index contributed by atoms with van der Waals surface area (Å²) in [5.41, 5.74) is 0.941. The van der Waals surface area contributed by atoms with Crippen LogP contribution < -0.4 is 14.8 Å². The maximum absolute atomic E-state index is 11.9. The summed E-state index contributed by atoms with van der Waals surface area (Å²) in [7, 11) is 1.59. The predicted octanol–water partition coefficient (Wildman–Crippen LogP) is 2.38. The van der Waals surface area contributed by atoms with Crippen molar-refractivity contribution in [2.24, 2.45) is 0 Å². The van der Waals surface area contributed by atoms with Crippen LogP contribution in [-0.2, 0) is 9.47 Å². The molecule has 3 heterocycles. The number of H-pyrrole nitrogens is 1. The molecule has 4 rings (SSSR count). The number of rotatable bonds is 10. The first kappa shape index (κ1) is 22.7. The third kappa shape index (κ3) is 5.68. The van der Waals surface area contributed by atoms with Crippen molar-refractivity contribution in [3.63, 3.8) is 0 Å². The van der Waals surface area contributed by atoms with Gasteiger partial charge in [-0.05, 0) is 19.4 Å². The summed E-state index contributed by atoms with van der Waals surface area (Å²) in [6.07, 6.45) is 3.76. The van der Waals surface area contributed by atoms with Crippen LogP contribution in [-0.4, -0.2) is 84.0 Å². The molecular weight excluding hydrogens is 428 g/mol. The number of esters is 1. The summed E-state index contributed by atoms with van der Waals surface area (Å²) in [6, 6.07) is 3.66. The summed E-state index contributed by atoms with van der Waals surface area (Å²) < 4.78 is 21.9. The second-order valence-corrected chi connectivity index (χ2v) is 7.39. The number of nitrogens with zero attached hydrogens (tertiary/aromatic N) is 4. The van der Waals surface area contributed by atoms with Gasteiger partial charge >= 0.3 is 5.97 Å². The number of aromatic nitrogens is 4. The zero-order valence-electron chi connectivity index (χ0n) is 18.8. The molecule has 0 unspecified atom stereocenters. The number of fused-ring (bicyclic) bond motifs is 1. The van der Waals surface area contributed by atoms with E-state index in [1.54, 1.807) is 14.0 Å². The monoisotopic (exact) mass is 456 g/mol. The quantitative estimate of drug-likeness (QED) is 0.347. The van der Waals surface area contributed by atoms with E-state index in [0.29, 0.717) is 35.4 Å². The van der Waals surface area contributed by atoms with Crippen LogP contribution in [0.5, 0.6) is 11.5 Å². The van der Waals surface area contributed by atoms with Crippen LogP contribution in [0.15, 0.2) is 24.7 Å². The molecule has 2 aromatic heterocycles. The molecule has 1 fully saturated rings. The Labute approximate surface area is 191 Å². The zero-order valence-corrected chi connectivity index (χ0v) is 18.8. The average Bonchev–Trinajstić information content (AvgIpc) is 3.31. The highest BCUT2D eigenvalue weighted by molar-refractivity contribution is 5.93. The maximum Gasteiger partial charge on any atom is 0.356 e. The van der Waals surface area contributed by atoms with Gasteiger partial charge in [-0.3, -0.25) is 4.90 Å². The first-order valence-corrected chi connectivity index (χ1v) is 10.9. The average molecular weight is 457 g/mol. The number of nitrogens with one attached hydrogen (secondary N) is 2. The maximum atomic E-state index is 11.9. The Kier molecular flexibility index (Phi) is 7.53. The highest BCUT2D eigenvalue weighted by Crippen LogP contribution is 2.34. The highest BCUT2D eigenvalue weighted by atomic mass is 16.5. The fourth-order valence-corrected chi connectivity index (χ4v) is 3.54. The van der Waals surface area contributed by atoms with E-state index < -0.39 is 5.97 Å². The van der Waals surface area contributed by atoms with E-state index in [9.17, 15) is 4.79 Å². The molecule has 0 spiro atoms. The van der Waals surface area contributed by atoms with Gasteiger partial charge < -0.3 is 29.2 Å². The molecule has 1 aromatic carbocycles. The summed E-state index contributed by atoms with van der Waals surface area (Å²) in [6.45, 7) is 7.07. The van der Waals surface area contributed by atoms with Crippen LogP contribution in [0.25, 0.3) is 10.9 Å². The standard InChI is InChI=1S/C22H28N6O5/c1-3-32-21(29)17-13-23-22(26-17)27-20-15-11-18(30-2)19(12-16(15)24-14-25-20)33-8-4-5-28-6-9-31-10-7-28/h11-14H,3-10H2,1-2H3,(H2,23,24,25,26,27). The summed E-state index contributed by atoms with van der Waals surface area (Å²) in [5.74, 6) is 1.61. The number of imidazole rings is 1. The van der Waals surface area contributed by atoms with E-state index in [0.717, 1.165) is 44.7 Å². The number of anilines is 2. The number of ether oxygens (including phenoxy) is 4. The van der Waals surface area contributed by atoms with Gasteiger partial charge in [0.1, 0.15) is 17.8 Å². The van der Waals surface area contributed by atoms with Gasteiger partial charge in [-0.15, -0.1) is 0 Å². The lowest BCUT2D eigenvalue weighted by Gasteiger charge is -2.26. The number of hydrogen-bond donors (Lipinski definition) is 2. The molecule has 176 valence electrons. The minimum Gasteiger partial charge on any atom is -0.493 e. The molecule has 33 heavy (non-hydrogen) atoms. The van der Waals surface area contributed by atoms with Gasteiger partial charge in [-0.25, -0.2) is 19.7 Å². The Morgan fingerprint density at radius 1 is 1.21 bits per heavy atom. The number of methoxy groups -OCH3 is 1. The van der Waals surface area contributed by atoms with Gasteiger partial charge in [0.15, 0.2) is 11.5 Å². The molecule has 1 aliphatic rings. The Hall–Kier alpha value is -3.44. The van der Waals surface area contributed by atoms with Crippen molar-refractivity contribution in [2.75, 3.05) is 58.5 Å². The van der Waals surface area contributed by atoms with Gasteiger partial charge in [-0.1, -0.05) is 0 Å². The van der Waals surface area contributed by atoms with Crippen molar-refractivity contribution in [2.45, 2.75) is 13.3 Å². The van der Waals surface area contributed by atoms with Crippen molar-refractivity contribution < 1.29 is 23.7 Å². The molecule has 0 saturated carbocycles. The van der Waals surface area contributed by atoms with Crippen molar-refractivity contribution in [1.29, 1.82) is 0 Å². The van der Waals surface area contributed by atoms with Crippen LogP contribution in [0.3, 0.4) is 0 Å². The van der Waals surface area contributed by atoms with E-state index >= 15 is 0 Å². The van der Waals surface area contributed by atoms with Gasteiger partial charge in [0.25, 0.3) is 0 Å². The summed E-state index contributed by atoms with van der Waals surface area (Å²) in [5, 5.41) is 3.81. The zero-order chi connectivity index (χ0) is 23.0. The fraction of sp³-hybridized carbons (Fsp3) is 0.455. The lowest BCUT2D eigenvalue weighted by Crippen LogP contribution is -2.37. The SMILES string of the molecule is CCOC(=O)c1cnc(Nc2ncnc3cc(OCCCN4CCOCC4)c(OC)cc23)[nH]1. The fourth-order valence-electron chi connectivity index (χ4n) is 3.54. The first-order valence-electron chi connectivity index (χ1n) is 10.9. The van der Waals surface area contributed by atoms with E-state index in [4.69, 9.17) is 18.9 Å². The van der Waals surface area contributed by atoms with Crippen molar-refractivity contribution in [3.8, 4) is 11.5 Å². The van der Waals surface area contributed by atoms with Gasteiger partial charge in [-0.2, -0.15) is 0 Å².